The van der Waals surface area contributed by atoms with Crippen LogP contribution in [0.1, 0.15) is 51.7 Å². The zero-order chi connectivity index (χ0) is 34.8. The van der Waals surface area contributed by atoms with Crippen LogP contribution in [0.4, 0.5) is 9.59 Å². The van der Waals surface area contributed by atoms with E-state index in [1.165, 1.54) is 9.80 Å². The molecule has 1 saturated carbocycles. The van der Waals surface area contributed by atoms with Crippen molar-refractivity contribution >= 4 is 35.6 Å². The van der Waals surface area contributed by atoms with Crippen molar-refractivity contribution in [3.63, 3.8) is 0 Å². The fourth-order valence-electron chi connectivity index (χ4n) is 7.12. The highest BCUT2D eigenvalue weighted by atomic mass is 16.6. The van der Waals surface area contributed by atoms with E-state index in [4.69, 9.17) is 10.5 Å². The molecule has 1 aromatic rings. The van der Waals surface area contributed by atoms with Crippen LogP contribution in [0.25, 0.3) is 0 Å². The molecule has 1 heterocycles. The van der Waals surface area contributed by atoms with Crippen LogP contribution in [0.2, 0.25) is 0 Å². The predicted molar refractivity (Wildman–Crippen MR) is 174 cm³/mol. The number of urea groups is 1. The summed E-state index contributed by atoms with van der Waals surface area (Å²) in [6.45, 7) is 11.7. The topological polar surface area (TPSA) is 180 Å². The highest BCUT2D eigenvalue weighted by molar-refractivity contribution is 6.37. The van der Waals surface area contributed by atoms with Crippen molar-refractivity contribution in [3.8, 4) is 0 Å². The third kappa shape index (κ3) is 7.60. The summed E-state index contributed by atoms with van der Waals surface area (Å²) in [5.74, 6) is -3.34. The number of ketones is 1. The Labute approximate surface area is 276 Å². The molecule has 2 fully saturated rings. The number of nitrogens with zero attached hydrogens (tertiary/aromatic N) is 2. The van der Waals surface area contributed by atoms with Crippen molar-refractivity contribution in [1.29, 1.82) is 0 Å². The predicted octanol–water partition coefficient (Wildman–Crippen LogP) is 1.53. The fraction of sp³-hybridized carbons (Fsp3) is 0.588. The van der Waals surface area contributed by atoms with Crippen molar-refractivity contribution in [1.82, 2.24) is 25.8 Å². The van der Waals surface area contributed by atoms with Crippen LogP contribution in [0, 0.1) is 23.2 Å². The molecule has 5 N–H and O–H groups in total. The number of primary amides is 1. The van der Waals surface area contributed by atoms with Gasteiger partial charge < -0.3 is 36.2 Å². The fourth-order valence-corrected chi connectivity index (χ4v) is 7.12. The Morgan fingerprint density at radius 1 is 1.04 bits per heavy atom. The van der Waals surface area contributed by atoms with Gasteiger partial charge in [0, 0.05) is 20.6 Å². The van der Waals surface area contributed by atoms with E-state index in [2.05, 4.69) is 22.5 Å². The van der Waals surface area contributed by atoms with Crippen LogP contribution in [0.3, 0.4) is 0 Å². The average Bonchev–Trinajstić information content (AvgIpc) is 3.37. The second-order valence-corrected chi connectivity index (χ2v) is 13.9. The van der Waals surface area contributed by atoms with Crippen molar-refractivity contribution in [3.05, 3.63) is 47.5 Å². The van der Waals surface area contributed by atoms with Gasteiger partial charge >= 0.3 is 12.1 Å². The molecule has 13 nitrogen and oxygen atoms in total. The second kappa shape index (κ2) is 14.1. The first-order chi connectivity index (χ1) is 22.1. The van der Waals surface area contributed by atoms with E-state index in [-0.39, 0.29) is 36.2 Å². The summed E-state index contributed by atoms with van der Waals surface area (Å²) in [7, 11) is 3.09. The number of benzene rings is 1. The van der Waals surface area contributed by atoms with Crippen molar-refractivity contribution in [2.75, 3.05) is 27.2 Å². The largest absolute Gasteiger partial charge is 0.447 e. The third-order valence-electron chi connectivity index (χ3n) is 9.96. The van der Waals surface area contributed by atoms with Crippen molar-refractivity contribution in [2.45, 2.75) is 77.5 Å². The number of ether oxygens (including phenoxy) is 1. The number of fused-ring (bicyclic) bond motifs is 2. The first-order valence-corrected chi connectivity index (χ1v) is 16.2. The Hall–Kier alpha value is -4.42. The molecule has 47 heavy (non-hydrogen) atoms. The van der Waals surface area contributed by atoms with Crippen LogP contribution in [0.5, 0.6) is 0 Å². The van der Waals surface area contributed by atoms with Crippen LogP contribution in [-0.2, 0) is 36.8 Å². The Kier molecular flexibility index (Phi) is 10.7. The van der Waals surface area contributed by atoms with E-state index < -0.39 is 59.8 Å². The Morgan fingerprint density at radius 2 is 1.66 bits per heavy atom. The Bertz CT molecular complexity index is 1420. The first-order valence-electron chi connectivity index (χ1n) is 16.2. The van der Waals surface area contributed by atoms with E-state index in [0.29, 0.717) is 31.4 Å². The van der Waals surface area contributed by atoms with E-state index in [9.17, 15) is 28.8 Å². The number of carbonyl (C=O) groups is 6. The van der Waals surface area contributed by atoms with Crippen molar-refractivity contribution in [2.24, 2.45) is 28.9 Å². The summed E-state index contributed by atoms with van der Waals surface area (Å²) in [5, 5.41) is 8.39. The summed E-state index contributed by atoms with van der Waals surface area (Å²) >= 11 is 0. The minimum atomic E-state index is -1.13. The summed E-state index contributed by atoms with van der Waals surface area (Å²) in [5.41, 5.74) is 7.76. The molecule has 0 bridgehead atoms. The van der Waals surface area contributed by atoms with Gasteiger partial charge in [-0.3, -0.25) is 19.2 Å². The molecular formula is C34H48N6O7. The number of Topliss-reactive ketones (excluding diaryl/α,β-unsaturated/α-hetero) is 1. The summed E-state index contributed by atoms with van der Waals surface area (Å²) < 4.78 is 5.27. The molecule has 1 aliphatic heterocycles. The number of rotatable bonds is 13. The monoisotopic (exact) mass is 652 g/mol. The summed E-state index contributed by atoms with van der Waals surface area (Å²) in [6, 6.07) is 3.53. The molecule has 4 rings (SSSR count). The van der Waals surface area contributed by atoms with Gasteiger partial charge in [0.1, 0.15) is 18.7 Å². The van der Waals surface area contributed by atoms with E-state index in [0.717, 1.165) is 11.1 Å². The van der Waals surface area contributed by atoms with Gasteiger partial charge in [-0.15, -0.1) is 0 Å². The Balaban J connectivity index is 1.58. The summed E-state index contributed by atoms with van der Waals surface area (Å²) in [4.78, 5) is 80.9. The highest BCUT2D eigenvalue weighted by Crippen LogP contribution is 2.65. The van der Waals surface area contributed by atoms with Crippen LogP contribution < -0.4 is 21.7 Å². The average molecular weight is 653 g/mol. The summed E-state index contributed by atoms with van der Waals surface area (Å²) in [6.07, 6.45) is 1.27. The Morgan fingerprint density at radius 3 is 2.19 bits per heavy atom. The molecular weight excluding hydrogens is 604 g/mol. The number of amides is 6. The first kappa shape index (κ1) is 35.4. The van der Waals surface area contributed by atoms with E-state index in [1.807, 2.05) is 45.0 Å². The number of piperidine rings is 1. The lowest BCUT2D eigenvalue weighted by molar-refractivity contribution is -0.144. The van der Waals surface area contributed by atoms with Gasteiger partial charge in [0.25, 0.3) is 5.91 Å². The third-order valence-corrected chi connectivity index (χ3v) is 9.96. The maximum absolute atomic E-state index is 14.5. The number of hydrogen-bond donors (Lipinski definition) is 4. The van der Waals surface area contributed by atoms with Gasteiger partial charge in [-0.2, -0.15) is 0 Å². The molecule has 1 unspecified atom stereocenters. The SMILES string of the molecule is C=C(C)[C@@H](COC(=O)N(C)C)NC(=O)N[C@H](C(=O)N1C[C@H]2[C@@H]([C@H]1C(=O)NC(CCC)C(=O)C(N)=O)C2(C)C)C1Cc2ccccc2C1. The smallest absolute Gasteiger partial charge is 0.409 e. The molecule has 0 radical (unpaired) electrons. The van der Waals surface area contributed by atoms with Gasteiger partial charge in [0.2, 0.25) is 17.6 Å². The van der Waals surface area contributed by atoms with Crippen LogP contribution in [-0.4, -0.2) is 96.8 Å². The van der Waals surface area contributed by atoms with Gasteiger partial charge in [-0.25, -0.2) is 9.59 Å². The molecule has 1 aromatic carbocycles. The zero-order valence-electron chi connectivity index (χ0n) is 28.1. The lowest BCUT2D eigenvalue weighted by atomic mass is 9.93. The van der Waals surface area contributed by atoms with Gasteiger partial charge in [-0.05, 0) is 60.5 Å². The standard InChI is InChI=1S/C34H48N6O7/c1-8-11-23(28(41)29(35)42)36-30(43)27-25-22(34(25,4)5)16-40(27)31(44)26(21-14-19-12-9-10-13-20(19)15-21)38-32(45)37-24(18(2)3)17-47-33(46)39(6)7/h9-10,12-13,21-27H,2,8,11,14-17H2,1,3-7H3,(H2,35,42)(H,36,43)(H2,37,38,45)/t22-,23?,24+,25-,26-,27-/m0/s1. The molecule has 2 aliphatic carbocycles. The van der Waals surface area contributed by atoms with E-state index in [1.54, 1.807) is 21.0 Å². The molecule has 3 aliphatic rings. The number of nitrogens with two attached hydrogens (primary N) is 1. The number of hydrogen-bond acceptors (Lipinski definition) is 7. The molecule has 13 heteroatoms. The molecule has 256 valence electrons. The molecule has 1 saturated heterocycles. The minimum Gasteiger partial charge on any atom is -0.447 e. The number of carbonyl (C=O) groups excluding carboxylic acids is 6. The van der Waals surface area contributed by atoms with Gasteiger partial charge in [-0.1, -0.05) is 63.6 Å². The molecule has 0 aromatic heterocycles. The van der Waals surface area contributed by atoms with E-state index >= 15 is 0 Å². The maximum Gasteiger partial charge on any atom is 0.409 e. The lowest BCUT2D eigenvalue weighted by Gasteiger charge is -2.35. The normalized spacial score (nSPS) is 22.5. The van der Waals surface area contributed by atoms with Crippen LogP contribution in [0.15, 0.2) is 36.4 Å². The number of likely N-dealkylation sites (tertiary alicyclic amines) is 1. The zero-order valence-corrected chi connectivity index (χ0v) is 28.1. The maximum atomic E-state index is 14.5. The molecule has 6 amide bonds. The van der Waals surface area contributed by atoms with Crippen molar-refractivity contribution < 1.29 is 33.5 Å². The van der Waals surface area contributed by atoms with Gasteiger partial charge in [0.05, 0.1) is 12.1 Å². The quantitative estimate of drug-likeness (QED) is 0.184. The lowest BCUT2D eigenvalue weighted by Crippen LogP contribution is -2.61. The minimum absolute atomic E-state index is 0.0492. The molecule has 6 atom stereocenters. The van der Waals surface area contributed by atoms with Gasteiger partial charge in [0.15, 0.2) is 0 Å². The number of nitrogens with one attached hydrogen (secondary N) is 3. The highest BCUT2D eigenvalue weighted by Gasteiger charge is 2.69. The van der Waals surface area contributed by atoms with Crippen LogP contribution >= 0.6 is 0 Å². The second-order valence-electron chi connectivity index (χ2n) is 13.9. The molecule has 0 spiro atoms.